The van der Waals surface area contributed by atoms with E-state index < -0.39 is 0 Å². The van der Waals surface area contributed by atoms with Gasteiger partial charge in [0.05, 0.1) is 0 Å². The van der Waals surface area contributed by atoms with Gasteiger partial charge in [0.1, 0.15) is 17.5 Å². The maximum Gasteiger partial charge on any atom is 0.232 e. The summed E-state index contributed by atoms with van der Waals surface area (Å²) in [5.74, 6) is 2.96. The van der Waals surface area contributed by atoms with E-state index in [1.54, 1.807) is 12.1 Å². The first-order valence-corrected chi connectivity index (χ1v) is 11.2. The van der Waals surface area contributed by atoms with Gasteiger partial charge in [-0.15, -0.1) is 0 Å². The summed E-state index contributed by atoms with van der Waals surface area (Å²) in [6, 6.07) is 8.49. The third-order valence-electron chi connectivity index (χ3n) is 5.83. The molecule has 2 fully saturated rings. The van der Waals surface area contributed by atoms with Crippen LogP contribution in [0.2, 0.25) is 0 Å². The molecule has 2 saturated heterocycles. The lowest BCUT2D eigenvalue weighted by Crippen LogP contribution is -2.34. The van der Waals surface area contributed by atoms with Crippen LogP contribution in [0.15, 0.2) is 30.3 Å². The van der Waals surface area contributed by atoms with E-state index in [1.807, 2.05) is 0 Å². The van der Waals surface area contributed by atoms with Crippen molar-refractivity contribution < 1.29 is 4.39 Å². The molecule has 6 nitrogen and oxygen atoms in total. The molecule has 2 N–H and O–H groups in total. The van der Waals surface area contributed by atoms with E-state index in [4.69, 9.17) is 22.2 Å². The first-order valence-electron chi connectivity index (χ1n) is 10.7. The summed E-state index contributed by atoms with van der Waals surface area (Å²) in [6.07, 6.45) is 4.76. The highest BCUT2D eigenvalue weighted by Gasteiger charge is 2.21. The number of piperidine rings is 1. The van der Waals surface area contributed by atoms with Gasteiger partial charge in [-0.2, -0.15) is 9.97 Å². The van der Waals surface area contributed by atoms with Gasteiger partial charge in [0.15, 0.2) is 5.11 Å². The van der Waals surface area contributed by atoms with Crippen LogP contribution >= 0.6 is 12.2 Å². The summed E-state index contributed by atoms with van der Waals surface area (Å²) in [4.78, 5) is 14.2. The third-order valence-corrected chi connectivity index (χ3v) is 6.07. The Labute approximate surface area is 182 Å². The van der Waals surface area contributed by atoms with Gasteiger partial charge in [-0.05, 0) is 61.5 Å². The van der Waals surface area contributed by atoms with Crippen LogP contribution in [0.4, 0.5) is 22.0 Å². The number of aromatic nitrogens is 2. The molecule has 8 heteroatoms. The zero-order valence-corrected chi connectivity index (χ0v) is 18.2. The molecule has 1 aromatic heterocycles. The molecule has 160 valence electrons. The highest BCUT2D eigenvalue weighted by atomic mass is 32.1. The van der Waals surface area contributed by atoms with Crippen molar-refractivity contribution in [1.82, 2.24) is 15.3 Å². The first kappa shape index (κ1) is 20.8. The molecule has 3 heterocycles. The highest BCUT2D eigenvalue weighted by Crippen LogP contribution is 2.27. The smallest absolute Gasteiger partial charge is 0.232 e. The van der Waals surface area contributed by atoms with Crippen LogP contribution in [0.3, 0.4) is 0 Å². The Bertz CT molecular complexity index is 860. The molecule has 1 aromatic carbocycles. The molecule has 4 rings (SSSR count). The Kier molecular flexibility index (Phi) is 6.62. The SMILES string of the molecule is CC1CCN(c2cc(N3CCCC3)nc(NC(=S)NCc3ccc(F)cc3)n2)CC1. The summed E-state index contributed by atoms with van der Waals surface area (Å²) in [5.41, 5.74) is 0.954. The Morgan fingerprint density at radius 2 is 1.63 bits per heavy atom. The average molecular weight is 429 g/mol. The van der Waals surface area contributed by atoms with Gasteiger partial charge in [-0.3, -0.25) is 0 Å². The molecule has 0 saturated carbocycles. The van der Waals surface area contributed by atoms with E-state index >= 15 is 0 Å². The van der Waals surface area contributed by atoms with Crippen LogP contribution in [0.1, 0.15) is 38.2 Å². The number of hydrogen-bond acceptors (Lipinski definition) is 5. The predicted octanol–water partition coefficient (Wildman–Crippen LogP) is 3.94. The number of thiocarbonyl (C=S) groups is 1. The van der Waals surface area contributed by atoms with Crippen molar-refractivity contribution in [2.45, 2.75) is 39.2 Å². The molecule has 0 bridgehead atoms. The zero-order valence-electron chi connectivity index (χ0n) is 17.4. The second kappa shape index (κ2) is 9.55. The second-order valence-electron chi connectivity index (χ2n) is 8.21. The van der Waals surface area contributed by atoms with Crippen molar-refractivity contribution >= 4 is 34.9 Å². The number of anilines is 3. The van der Waals surface area contributed by atoms with Gasteiger partial charge in [0.25, 0.3) is 0 Å². The van der Waals surface area contributed by atoms with Crippen LogP contribution in [0, 0.1) is 11.7 Å². The van der Waals surface area contributed by atoms with Crippen LogP contribution in [-0.4, -0.2) is 41.3 Å². The van der Waals surface area contributed by atoms with Crippen LogP contribution in [0.25, 0.3) is 0 Å². The predicted molar refractivity (Wildman–Crippen MR) is 124 cm³/mol. The topological polar surface area (TPSA) is 56.3 Å². The Balaban J connectivity index is 1.46. The Morgan fingerprint density at radius 3 is 2.27 bits per heavy atom. The van der Waals surface area contributed by atoms with E-state index in [1.165, 1.54) is 37.8 Å². The number of halogens is 1. The number of rotatable bonds is 5. The molecular weight excluding hydrogens is 399 g/mol. The molecule has 2 aliphatic heterocycles. The minimum absolute atomic E-state index is 0.244. The van der Waals surface area contributed by atoms with Crippen molar-refractivity contribution in [2.24, 2.45) is 5.92 Å². The van der Waals surface area contributed by atoms with Gasteiger partial charge >= 0.3 is 0 Å². The minimum Gasteiger partial charge on any atom is -0.358 e. The van der Waals surface area contributed by atoms with Crippen LogP contribution < -0.4 is 20.4 Å². The summed E-state index contributed by atoms with van der Waals surface area (Å²) in [6.45, 7) is 6.91. The van der Waals surface area contributed by atoms with Crippen molar-refractivity contribution in [3.63, 3.8) is 0 Å². The largest absolute Gasteiger partial charge is 0.358 e. The third kappa shape index (κ3) is 5.36. The Hall–Kier alpha value is -2.48. The quantitative estimate of drug-likeness (QED) is 0.700. The highest BCUT2D eigenvalue weighted by molar-refractivity contribution is 7.80. The molecule has 30 heavy (non-hydrogen) atoms. The molecular formula is C22H29FN6S. The molecule has 2 aromatic rings. The van der Waals surface area contributed by atoms with Crippen LogP contribution in [-0.2, 0) is 6.54 Å². The van der Waals surface area contributed by atoms with E-state index in [9.17, 15) is 4.39 Å². The lowest BCUT2D eigenvalue weighted by Gasteiger charge is -2.32. The van der Waals surface area contributed by atoms with Crippen molar-refractivity contribution in [2.75, 3.05) is 41.3 Å². The summed E-state index contributed by atoms with van der Waals surface area (Å²) < 4.78 is 13.1. The average Bonchev–Trinajstić information content (AvgIpc) is 3.29. The summed E-state index contributed by atoms with van der Waals surface area (Å²) in [7, 11) is 0. The number of nitrogens with zero attached hydrogens (tertiary/aromatic N) is 4. The monoisotopic (exact) mass is 428 g/mol. The molecule has 0 atom stereocenters. The van der Waals surface area contributed by atoms with E-state index in [2.05, 4.69) is 33.4 Å². The molecule has 2 aliphatic rings. The molecule has 0 radical (unpaired) electrons. The zero-order chi connectivity index (χ0) is 20.9. The second-order valence-corrected chi connectivity index (χ2v) is 8.61. The fraction of sp³-hybridized carbons (Fsp3) is 0.500. The molecule has 0 aliphatic carbocycles. The fourth-order valence-corrected chi connectivity index (χ4v) is 4.08. The van der Waals surface area contributed by atoms with Crippen LogP contribution in [0.5, 0.6) is 0 Å². The van der Waals surface area contributed by atoms with Gasteiger partial charge in [-0.25, -0.2) is 4.39 Å². The first-order chi connectivity index (χ1) is 14.6. The van der Waals surface area contributed by atoms with Gasteiger partial charge < -0.3 is 20.4 Å². The van der Waals surface area contributed by atoms with Gasteiger partial charge in [0.2, 0.25) is 5.95 Å². The standard InChI is InChI=1S/C22H29FN6S/c1-16-8-12-29(13-9-16)20-14-19(28-10-2-3-11-28)25-21(26-20)27-22(30)24-15-17-4-6-18(23)7-5-17/h4-7,14,16H,2-3,8-13,15H2,1H3,(H2,24,25,26,27,30). The summed E-state index contributed by atoms with van der Waals surface area (Å²) in [5, 5.41) is 6.75. The van der Waals surface area contributed by atoms with E-state index in [-0.39, 0.29) is 5.82 Å². The number of benzene rings is 1. The Morgan fingerprint density at radius 1 is 1.03 bits per heavy atom. The molecule has 0 amide bonds. The van der Waals surface area contributed by atoms with E-state index in [0.717, 1.165) is 49.3 Å². The maximum absolute atomic E-state index is 13.1. The lowest BCUT2D eigenvalue weighted by atomic mass is 9.99. The minimum atomic E-state index is -0.244. The van der Waals surface area contributed by atoms with Crippen molar-refractivity contribution in [3.8, 4) is 0 Å². The van der Waals surface area contributed by atoms with Gasteiger partial charge in [0, 0.05) is 38.8 Å². The normalized spacial score (nSPS) is 17.3. The molecule has 0 unspecified atom stereocenters. The number of nitrogens with one attached hydrogen (secondary N) is 2. The number of hydrogen-bond donors (Lipinski definition) is 2. The van der Waals surface area contributed by atoms with Crippen molar-refractivity contribution in [3.05, 3.63) is 41.7 Å². The van der Waals surface area contributed by atoms with Gasteiger partial charge in [-0.1, -0.05) is 19.1 Å². The fourth-order valence-electron chi connectivity index (χ4n) is 3.92. The summed E-state index contributed by atoms with van der Waals surface area (Å²) >= 11 is 5.45. The van der Waals surface area contributed by atoms with Crippen molar-refractivity contribution in [1.29, 1.82) is 0 Å². The van der Waals surface area contributed by atoms with E-state index in [0.29, 0.717) is 17.6 Å². The lowest BCUT2D eigenvalue weighted by molar-refractivity contribution is 0.436. The molecule has 0 spiro atoms. The maximum atomic E-state index is 13.1.